The molecule has 0 spiro atoms. The molecular weight excluding hydrogens is 190 g/mol. The Balaban J connectivity index is 3.49. The Labute approximate surface area is 91.1 Å². The number of terminal acetylenes is 1. The van der Waals surface area contributed by atoms with Gasteiger partial charge < -0.3 is 5.73 Å². The first-order valence-electron chi connectivity index (χ1n) is 4.55. The van der Waals surface area contributed by atoms with E-state index in [2.05, 4.69) is 24.6 Å². The first-order valence-corrected chi connectivity index (χ1v) is 5.18. The van der Waals surface area contributed by atoms with E-state index in [4.69, 9.17) is 12.2 Å². The zero-order valence-corrected chi connectivity index (χ0v) is 9.49. The number of thiol groups is 1. The summed E-state index contributed by atoms with van der Waals surface area (Å²) in [7, 11) is 0. The highest BCUT2D eigenvalue weighted by Crippen LogP contribution is 2.22. The third-order valence-corrected chi connectivity index (χ3v) is 2.94. The minimum atomic E-state index is 0.529. The van der Waals surface area contributed by atoms with Crippen molar-refractivity contribution in [2.45, 2.75) is 26.1 Å². The molecule has 0 amide bonds. The molecule has 0 aliphatic carbocycles. The molecule has 2 heteroatoms. The van der Waals surface area contributed by atoms with Crippen molar-refractivity contribution in [3.05, 3.63) is 33.9 Å². The van der Waals surface area contributed by atoms with Gasteiger partial charge in [-0.1, -0.05) is 12.0 Å². The summed E-state index contributed by atoms with van der Waals surface area (Å²) in [6.45, 7) is 4.59. The summed E-state index contributed by atoms with van der Waals surface area (Å²) in [6.07, 6.45) is 5.48. The molecule has 1 nitrogen and oxygen atoms in total. The molecule has 2 N–H and O–H groups in total. The molecule has 0 saturated carbocycles. The van der Waals surface area contributed by atoms with Crippen LogP contribution >= 0.6 is 12.6 Å². The Kier molecular flexibility index (Phi) is 3.62. The highest BCUT2D eigenvalue weighted by Gasteiger charge is 2.08. The number of hydrogen-bond donors (Lipinski definition) is 2. The van der Waals surface area contributed by atoms with Gasteiger partial charge in [-0.15, -0.1) is 6.42 Å². The molecule has 14 heavy (non-hydrogen) atoms. The molecular formula is C12H15NS. The van der Waals surface area contributed by atoms with E-state index in [9.17, 15) is 0 Å². The zero-order valence-electron chi connectivity index (χ0n) is 8.59. The van der Waals surface area contributed by atoms with Crippen LogP contribution in [-0.4, -0.2) is 0 Å². The summed E-state index contributed by atoms with van der Waals surface area (Å²) in [6, 6.07) is 2.10. The van der Waals surface area contributed by atoms with Gasteiger partial charge in [0, 0.05) is 17.9 Å². The first-order chi connectivity index (χ1) is 6.65. The van der Waals surface area contributed by atoms with Gasteiger partial charge in [-0.05, 0) is 36.1 Å². The van der Waals surface area contributed by atoms with E-state index in [0.717, 1.165) is 22.3 Å². The van der Waals surface area contributed by atoms with Crippen LogP contribution in [0.5, 0.6) is 0 Å². The van der Waals surface area contributed by atoms with Gasteiger partial charge in [0.05, 0.1) is 0 Å². The minimum Gasteiger partial charge on any atom is -0.326 e. The predicted molar refractivity (Wildman–Crippen MR) is 64.4 cm³/mol. The fourth-order valence-corrected chi connectivity index (χ4v) is 1.95. The molecule has 0 heterocycles. The van der Waals surface area contributed by atoms with E-state index in [-0.39, 0.29) is 0 Å². The fraction of sp³-hybridized carbons (Fsp3) is 0.333. The second kappa shape index (κ2) is 4.54. The molecule has 0 radical (unpaired) electrons. The first kappa shape index (κ1) is 11.2. The van der Waals surface area contributed by atoms with Crippen LogP contribution in [0.4, 0.5) is 0 Å². The summed E-state index contributed by atoms with van der Waals surface area (Å²) in [5, 5.41) is 0. The third-order valence-electron chi connectivity index (χ3n) is 2.60. The Morgan fingerprint density at radius 1 is 1.36 bits per heavy atom. The van der Waals surface area contributed by atoms with Gasteiger partial charge in [0.2, 0.25) is 0 Å². The number of nitrogens with two attached hydrogens (primary N) is 1. The van der Waals surface area contributed by atoms with Gasteiger partial charge in [-0.3, -0.25) is 0 Å². The monoisotopic (exact) mass is 205 g/mol. The molecule has 0 atom stereocenters. The molecule has 1 aromatic rings. The Hall–Kier alpha value is -0.910. The zero-order chi connectivity index (χ0) is 10.7. The van der Waals surface area contributed by atoms with Crippen LogP contribution in [0.3, 0.4) is 0 Å². The maximum atomic E-state index is 5.65. The molecule has 0 aliphatic rings. The standard InChI is InChI=1S/C12H15NS/c1-4-12-8(2)10(6-13)5-11(7-14)9(12)3/h1,5,14H,6-7,13H2,2-3H3. The average Bonchev–Trinajstić information content (AvgIpc) is 2.19. The molecule has 0 bridgehead atoms. The van der Waals surface area contributed by atoms with Gasteiger partial charge in [0.1, 0.15) is 0 Å². The van der Waals surface area contributed by atoms with Crippen molar-refractivity contribution >= 4 is 12.6 Å². The summed E-state index contributed by atoms with van der Waals surface area (Å²) >= 11 is 4.28. The molecule has 0 unspecified atom stereocenters. The van der Waals surface area contributed by atoms with E-state index < -0.39 is 0 Å². The Morgan fingerprint density at radius 2 is 1.93 bits per heavy atom. The van der Waals surface area contributed by atoms with Crippen LogP contribution < -0.4 is 5.73 Å². The predicted octanol–water partition coefficient (Wildman–Crippen LogP) is 2.17. The van der Waals surface area contributed by atoms with Gasteiger partial charge in [0.25, 0.3) is 0 Å². The molecule has 0 fully saturated rings. The van der Waals surface area contributed by atoms with Gasteiger partial charge >= 0.3 is 0 Å². The molecule has 1 aromatic carbocycles. The van der Waals surface area contributed by atoms with E-state index in [1.807, 2.05) is 13.8 Å². The number of hydrogen-bond acceptors (Lipinski definition) is 2. The van der Waals surface area contributed by atoms with Gasteiger partial charge in [-0.2, -0.15) is 12.6 Å². The maximum absolute atomic E-state index is 5.65. The molecule has 0 aliphatic heterocycles. The van der Waals surface area contributed by atoms with E-state index in [1.165, 1.54) is 5.56 Å². The van der Waals surface area contributed by atoms with E-state index >= 15 is 0 Å². The van der Waals surface area contributed by atoms with Crippen molar-refractivity contribution in [2.75, 3.05) is 0 Å². The van der Waals surface area contributed by atoms with Crippen LogP contribution in [0.2, 0.25) is 0 Å². The lowest BCUT2D eigenvalue weighted by atomic mass is 9.94. The van der Waals surface area contributed by atoms with Crippen LogP contribution in [0.25, 0.3) is 0 Å². The largest absolute Gasteiger partial charge is 0.326 e. The minimum absolute atomic E-state index is 0.529. The maximum Gasteiger partial charge on any atom is 0.0307 e. The Bertz CT molecular complexity index is 360. The quantitative estimate of drug-likeness (QED) is 0.561. The number of rotatable bonds is 2. The number of benzene rings is 1. The summed E-state index contributed by atoms with van der Waals surface area (Å²) < 4.78 is 0. The average molecular weight is 205 g/mol. The van der Waals surface area contributed by atoms with Gasteiger partial charge in [0.15, 0.2) is 0 Å². The molecule has 74 valence electrons. The van der Waals surface area contributed by atoms with Crippen LogP contribution in [0, 0.1) is 26.2 Å². The SMILES string of the molecule is C#Cc1c(C)c(CN)cc(CS)c1C. The third kappa shape index (κ3) is 1.79. The van der Waals surface area contributed by atoms with Crippen molar-refractivity contribution in [1.82, 2.24) is 0 Å². The van der Waals surface area contributed by atoms with E-state index in [0.29, 0.717) is 12.3 Å². The lowest BCUT2D eigenvalue weighted by molar-refractivity contribution is 1.03. The molecule has 0 saturated heterocycles. The molecule has 0 aromatic heterocycles. The Morgan fingerprint density at radius 3 is 2.36 bits per heavy atom. The second-order valence-corrected chi connectivity index (χ2v) is 3.64. The highest BCUT2D eigenvalue weighted by molar-refractivity contribution is 7.79. The summed E-state index contributed by atoms with van der Waals surface area (Å²) in [4.78, 5) is 0. The lowest BCUT2D eigenvalue weighted by Gasteiger charge is -2.13. The fourth-order valence-electron chi connectivity index (χ4n) is 1.62. The lowest BCUT2D eigenvalue weighted by Crippen LogP contribution is -2.04. The highest BCUT2D eigenvalue weighted by atomic mass is 32.1. The summed E-state index contributed by atoms with van der Waals surface area (Å²) in [5.74, 6) is 3.43. The van der Waals surface area contributed by atoms with Crippen LogP contribution in [0.1, 0.15) is 27.8 Å². The normalized spacial score (nSPS) is 9.93. The van der Waals surface area contributed by atoms with Crippen molar-refractivity contribution < 1.29 is 0 Å². The van der Waals surface area contributed by atoms with E-state index in [1.54, 1.807) is 0 Å². The van der Waals surface area contributed by atoms with Crippen molar-refractivity contribution in [3.63, 3.8) is 0 Å². The van der Waals surface area contributed by atoms with Crippen LogP contribution in [0.15, 0.2) is 6.07 Å². The molecule has 1 rings (SSSR count). The van der Waals surface area contributed by atoms with Gasteiger partial charge in [-0.25, -0.2) is 0 Å². The van der Waals surface area contributed by atoms with Crippen molar-refractivity contribution in [2.24, 2.45) is 5.73 Å². The van der Waals surface area contributed by atoms with Crippen LogP contribution in [-0.2, 0) is 12.3 Å². The van der Waals surface area contributed by atoms with Crippen molar-refractivity contribution in [3.8, 4) is 12.3 Å². The topological polar surface area (TPSA) is 26.0 Å². The van der Waals surface area contributed by atoms with Crippen molar-refractivity contribution in [1.29, 1.82) is 0 Å². The smallest absolute Gasteiger partial charge is 0.0307 e. The summed E-state index contributed by atoms with van der Waals surface area (Å²) in [5.41, 5.74) is 11.2. The second-order valence-electron chi connectivity index (χ2n) is 3.33.